The highest BCUT2D eigenvalue weighted by atomic mass is 32.2. The second-order valence-corrected chi connectivity index (χ2v) is 4.60. The number of carbonyl (C=O) groups excluding carboxylic acids is 1. The van der Waals surface area contributed by atoms with Crippen molar-refractivity contribution >= 4 is 29.9 Å². The molecule has 5 heteroatoms. The van der Waals surface area contributed by atoms with Crippen molar-refractivity contribution in [1.82, 2.24) is 4.98 Å². The van der Waals surface area contributed by atoms with Crippen molar-refractivity contribution in [3.05, 3.63) is 10.6 Å². The van der Waals surface area contributed by atoms with Crippen molar-refractivity contribution in [3.8, 4) is 0 Å². The molecule has 0 aliphatic heterocycles. The molecule has 3 nitrogen and oxygen atoms in total. The molecular formula is C7H8N2OS2. The average Bonchev–Trinajstić information content (AvgIpc) is 2.75. The molecule has 12 heavy (non-hydrogen) atoms. The molecule has 0 bridgehead atoms. The van der Waals surface area contributed by atoms with Gasteiger partial charge in [0.2, 0.25) is 0 Å². The Hall–Kier alpha value is -0.550. The quantitative estimate of drug-likeness (QED) is 0.709. The Bertz CT molecular complexity index is 330. The molecular weight excluding hydrogens is 192 g/mol. The minimum Gasteiger partial charge on any atom is -0.364 e. The Balaban J connectivity index is 2.43. The van der Waals surface area contributed by atoms with Gasteiger partial charge in [-0.05, 0) is 18.8 Å². The average molecular weight is 200 g/mol. The van der Waals surface area contributed by atoms with Crippen LogP contribution in [-0.4, -0.2) is 10.9 Å². The molecule has 1 heterocycles. The van der Waals surface area contributed by atoms with Crippen LogP contribution in [0.25, 0.3) is 0 Å². The molecule has 1 saturated carbocycles. The summed E-state index contributed by atoms with van der Waals surface area (Å²) < 4.78 is 0.630. The van der Waals surface area contributed by atoms with Crippen LogP contribution in [-0.2, 0) is 0 Å². The number of thiol groups is 1. The van der Waals surface area contributed by atoms with Crippen LogP contribution in [0, 0.1) is 0 Å². The van der Waals surface area contributed by atoms with Gasteiger partial charge < -0.3 is 5.73 Å². The van der Waals surface area contributed by atoms with E-state index in [9.17, 15) is 4.79 Å². The Kier molecular flexibility index (Phi) is 1.84. The standard InChI is InChI=1S/C7H8N2OS2/c8-6(10)4-5(3-1-2-3)12-7(11)9-4/h3H,1-2H2,(H2,8,10)(H,9,11). The van der Waals surface area contributed by atoms with Gasteiger partial charge in [-0.2, -0.15) is 0 Å². The summed E-state index contributed by atoms with van der Waals surface area (Å²) in [5, 5.41) is 0. The number of primary amides is 1. The lowest BCUT2D eigenvalue weighted by Gasteiger charge is -1.92. The molecule has 0 spiro atoms. The van der Waals surface area contributed by atoms with E-state index in [1.807, 2.05) is 0 Å². The van der Waals surface area contributed by atoms with Crippen LogP contribution in [0.5, 0.6) is 0 Å². The van der Waals surface area contributed by atoms with Crippen LogP contribution in [0.15, 0.2) is 4.34 Å². The van der Waals surface area contributed by atoms with Gasteiger partial charge in [-0.25, -0.2) is 4.98 Å². The van der Waals surface area contributed by atoms with E-state index in [0.717, 1.165) is 17.7 Å². The predicted octanol–water partition coefficient (Wildman–Crippen LogP) is 1.41. The highest BCUT2D eigenvalue weighted by Gasteiger charge is 2.30. The fourth-order valence-corrected chi connectivity index (χ4v) is 2.49. The molecule has 1 aromatic rings. The molecule has 0 aromatic carbocycles. The third kappa shape index (κ3) is 1.34. The molecule has 1 aliphatic rings. The first-order valence-corrected chi connectivity index (χ1v) is 4.94. The zero-order chi connectivity index (χ0) is 8.72. The predicted molar refractivity (Wildman–Crippen MR) is 49.9 cm³/mol. The summed E-state index contributed by atoms with van der Waals surface area (Å²) in [6.45, 7) is 0. The minimum atomic E-state index is -0.437. The van der Waals surface area contributed by atoms with E-state index in [0.29, 0.717) is 16.0 Å². The molecule has 1 amide bonds. The number of rotatable bonds is 2. The first-order chi connectivity index (χ1) is 5.68. The van der Waals surface area contributed by atoms with Crippen molar-refractivity contribution in [2.24, 2.45) is 5.73 Å². The van der Waals surface area contributed by atoms with Crippen LogP contribution in [0.4, 0.5) is 0 Å². The van der Waals surface area contributed by atoms with Crippen LogP contribution < -0.4 is 5.73 Å². The van der Waals surface area contributed by atoms with E-state index in [-0.39, 0.29) is 0 Å². The lowest BCUT2D eigenvalue weighted by Crippen LogP contribution is -2.13. The summed E-state index contributed by atoms with van der Waals surface area (Å²) in [5.74, 6) is 0.0827. The zero-order valence-corrected chi connectivity index (χ0v) is 7.99. The van der Waals surface area contributed by atoms with E-state index >= 15 is 0 Å². The van der Waals surface area contributed by atoms with Gasteiger partial charge in [-0.15, -0.1) is 24.0 Å². The van der Waals surface area contributed by atoms with Gasteiger partial charge in [0.1, 0.15) is 10.0 Å². The first-order valence-electron chi connectivity index (χ1n) is 3.68. The SMILES string of the molecule is NC(=O)c1nc(S)sc1C1CC1. The molecule has 0 saturated heterocycles. The maximum Gasteiger partial charge on any atom is 0.268 e. The zero-order valence-electron chi connectivity index (χ0n) is 6.28. The van der Waals surface area contributed by atoms with Gasteiger partial charge in [0.05, 0.1) is 0 Å². The summed E-state index contributed by atoms with van der Waals surface area (Å²) in [6.07, 6.45) is 2.30. The smallest absolute Gasteiger partial charge is 0.268 e. The lowest BCUT2D eigenvalue weighted by atomic mass is 10.2. The lowest BCUT2D eigenvalue weighted by molar-refractivity contribution is 0.0995. The van der Waals surface area contributed by atoms with Crippen molar-refractivity contribution in [1.29, 1.82) is 0 Å². The van der Waals surface area contributed by atoms with Gasteiger partial charge in [-0.1, -0.05) is 0 Å². The van der Waals surface area contributed by atoms with Gasteiger partial charge in [-0.3, -0.25) is 4.79 Å². The maximum absolute atomic E-state index is 10.9. The number of aromatic nitrogens is 1. The monoisotopic (exact) mass is 200 g/mol. The van der Waals surface area contributed by atoms with E-state index in [2.05, 4.69) is 17.6 Å². The molecule has 64 valence electrons. The highest BCUT2D eigenvalue weighted by Crippen LogP contribution is 2.44. The van der Waals surface area contributed by atoms with Crippen LogP contribution in [0.1, 0.15) is 34.1 Å². The summed E-state index contributed by atoms with van der Waals surface area (Å²) in [7, 11) is 0. The van der Waals surface area contributed by atoms with E-state index < -0.39 is 5.91 Å². The van der Waals surface area contributed by atoms with E-state index in [1.54, 1.807) is 0 Å². The number of hydrogen-bond acceptors (Lipinski definition) is 4. The van der Waals surface area contributed by atoms with Crippen LogP contribution >= 0.6 is 24.0 Å². The van der Waals surface area contributed by atoms with Gasteiger partial charge in [0, 0.05) is 4.88 Å². The number of nitrogens with two attached hydrogens (primary N) is 1. The number of thiazole rings is 1. The van der Waals surface area contributed by atoms with E-state index in [1.165, 1.54) is 11.3 Å². The second kappa shape index (κ2) is 2.74. The van der Waals surface area contributed by atoms with Crippen molar-refractivity contribution in [2.75, 3.05) is 0 Å². The fraction of sp³-hybridized carbons (Fsp3) is 0.429. The molecule has 1 aromatic heterocycles. The van der Waals surface area contributed by atoms with Crippen molar-refractivity contribution in [3.63, 3.8) is 0 Å². The molecule has 0 atom stereocenters. The Labute approximate surface area is 79.4 Å². The summed E-state index contributed by atoms with van der Waals surface area (Å²) in [5.41, 5.74) is 5.59. The Morgan fingerprint density at radius 3 is 2.83 bits per heavy atom. The third-order valence-corrected chi connectivity index (χ3v) is 3.22. The van der Waals surface area contributed by atoms with Crippen LogP contribution in [0.3, 0.4) is 0 Å². The van der Waals surface area contributed by atoms with Gasteiger partial charge in [0.15, 0.2) is 0 Å². The summed E-state index contributed by atoms with van der Waals surface area (Å²) in [6, 6.07) is 0. The van der Waals surface area contributed by atoms with Gasteiger partial charge >= 0.3 is 0 Å². The molecule has 0 radical (unpaired) electrons. The fourth-order valence-electron chi connectivity index (χ4n) is 1.12. The number of hydrogen-bond donors (Lipinski definition) is 2. The highest BCUT2D eigenvalue weighted by molar-refractivity contribution is 7.82. The normalized spacial score (nSPS) is 16.4. The topological polar surface area (TPSA) is 56.0 Å². The van der Waals surface area contributed by atoms with Crippen molar-refractivity contribution < 1.29 is 4.79 Å². The molecule has 1 aliphatic carbocycles. The molecule has 2 N–H and O–H groups in total. The first kappa shape index (κ1) is 8.07. The number of nitrogens with zero attached hydrogens (tertiary/aromatic N) is 1. The molecule has 1 fully saturated rings. The second-order valence-electron chi connectivity index (χ2n) is 2.85. The molecule has 2 rings (SSSR count). The molecule has 0 unspecified atom stereocenters. The number of amides is 1. The largest absolute Gasteiger partial charge is 0.364 e. The van der Waals surface area contributed by atoms with E-state index in [4.69, 9.17) is 5.73 Å². The summed E-state index contributed by atoms with van der Waals surface area (Å²) >= 11 is 5.56. The summed E-state index contributed by atoms with van der Waals surface area (Å²) in [4.78, 5) is 15.9. The maximum atomic E-state index is 10.9. The number of carbonyl (C=O) groups is 1. The third-order valence-electron chi connectivity index (χ3n) is 1.82. The minimum absolute atomic E-state index is 0.424. The van der Waals surface area contributed by atoms with Gasteiger partial charge in [0.25, 0.3) is 5.91 Å². The Morgan fingerprint density at radius 2 is 2.33 bits per heavy atom. The van der Waals surface area contributed by atoms with Crippen LogP contribution in [0.2, 0.25) is 0 Å². The Morgan fingerprint density at radius 1 is 1.67 bits per heavy atom. The van der Waals surface area contributed by atoms with Crippen molar-refractivity contribution in [2.45, 2.75) is 23.1 Å².